The van der Waals surface area contributed by atoms with Gasteiger partial charge in [0.1, 0.15) is 0 Å². The highest BCUT2D eigenvalue weighted by Crippen LogP contribution is 2.28. The van der Waals surface area contributed by atoms with Crippen molar-refractivity contribution in [3.8, 4) is 11.5 Å². The van der Waals surface area contributed by atoms with Crippen LogP contribution >= 0.6 is 12.2 Å². The fraction of sp³-hybridized carbons (Fsp3) is 0.391. The molecule has 0 aliphatic carbocycles. The van der Waals surface area contributed by atoms with E-state index in [0.717, 1.165) is 29.7 Å². The molecule has 0 fully saturated rings. The lowest BCUT2D eigenvalue weighted by molar-refractivity contribution is 0.0943. The number of hydrazine groups is 1. The van der Waals surface area contributed by atoms with Crippen LogP contribution in [-0.2, 0) is 6.42 Å². The summed E-state index contributed by atoms with van der Waals surface area (Å²) in [5.41, 5.74) is 9.00. The summed E-state index contributed by atoms with van der Waals surface area (Å²) in [6.45, 7) is 8.98. The number of para-hydroxylation sites is 1. The highest BCUT2D eigenvalue weighted by molar-refractivity contribution is 7.80. The van der Waals surface area contributed by atoms with Crippen molar-refractivity contribution in [2.45, 2.75) is 40.5 Å². The van der Waals surface area contributed by atoms with E-state index in [9.17, 15) is 4.79 Å². The van der Waals surface area contributed by atoms with Crippen molar-refractivity contribution < 1.29 is 14.3 Å². The normalized spacial score (nSPS) is 10.5. The zero-order valence-corrected chi connectivity index (χ0v) is 19.1. The van der Waals surface area contributed by atoms with Crippen LogP contribution in [0.4, 0.5) is 5.69 Å². The quantitative estimate of drug-likeness (QED) is 0.420. The average molecular weight is 430 g/mol. The van der Waals surface area contributed by atoms with Gasteiger partial charge in [-0.2, -0.15) is 0 Å². The number of thiocarbonyl (C=S) groups is 1. The number of amides is 1. The van der Waals surface area contributed by atoms with Gasteiger partial charge in [-0.25, -0.2) is 0 Å². The molecule has 0 aliphatic heterocycles. The summed E-state index contributed by atoms with van der Waals surface area (Å²) in [5, 5.41) is 3.47. The zero-order chi connectivity index (χ0) is 22.1. The first-order chi connectivity index (χ1) is 14.3. The maximum absolute atomic E-state index is 12.5. The second kappa shape index (κ2) is 11.4. The van der Waals surface area contributed by atoms with Crippen molar-refractivity contribution in [3.63, 3.8) is 0 Å². The Kier molecular flexibility index (Phi) is 8.92. The van der Waals surface area contributed by atoms with Gasteiger partial charge in [0.15, 0.2) is 16.6 Å². The molecule has 0 unspecified atom stereocenters. The molecule has 7 heteroatoms. The van der Waals surface area contributed by atoms with Crippen LogP contribution in [0.1, 0.15) is 48.7 Å². The molecule has 0 aliphatic rings. The Hall–Kier alpha value is -2.80. The number of methoxy groups -OCH3 is 1. The highest BCUT2D eigenvalue weighted by atomic mass is 32.1. The average Bonchev–Trinajstić information content (AvgIpc) is 2.73. The number of hydrogen-bond donors (Lipinski definition) is 3. The van der Waals surface area contributed by atoms with Crippen molar-refractivity contribution in [1.82, 2.24) is 10.9 Å². The predicted molar refractivity (Wildman–Crippen MR) is 125 cm³/mol. The van der Waals surface area contributed by atoms with Crippen LogP contribution < -0.4 is 25.6 Å². The Balaban J connectivity index is 1.96. The van der Waals surface area contributed by atoms with Gasteiger partial charge < -0.3 is 14.8 Å². The maximum atomic E-state index is 12.5. The van der Waals surface area contributed by atoms with Gasteiger partial charge in [-0.15, -0.1) is 0 Å². The molecule has 0 bridgehead atoms. The summed E-state index contributed by atoms with van der Waals surface area (Å²) < 4.78 is 11.1. The Labute approximate surface area is 184 Å². The van der Waals surface area contributed by atoms with Crippen LogP contribution in [0.5, 0.6) is 11.5 Å². The van der Waals surface area contributed by atoms with Crippen LogP contribution in [-0.4, -0.2) is 24.7 Å². The Morgan fingerprint density at radius 1 is 1.13 bits per heavy atom. The standard InChI is InChI=1S/C23H31N3O3S/c1-6-17-9-7-8-16(4)21(17)24-23(30)26-25-22(27)18-10-11-19(20(14-18)28-5)29-13-12-15(2)3/h7-11,14-15H,6,12-13H2,1-5H3,(H,25,27)(H2,24,26,30). The molecule has 0 aromatic heterocycles. The summed E-state index contributed by atoms with van der Waals surface area (Å²) in [4.78, 5) is 12.5. The van der Waals surface area contributed by atoms with E-state index in [-0.39, 0.29) is 5.91 Å². The van der Waals surface area contributed by atoms with Gasteiger partial charge in [0.05, 0.1) is 13.7 Å². The Morgan fingerprint density at radius 2 is 1.90 bits per heavy atom. The van der Waals surface area contributed by atoms with Crippen molar-refractivity contribution in [1.29, 1.82) is 0 Å². The second-order valence-electron chi connectivity index (χ2n) is 7.39. The molecule has 0 saturated carbocycles. The molecule has 0 radical (unpaired) electrons. The number of hydrogen-bond acceptors (Lipinski definition) is 4. The second-order valence-corrected chi connectivity index (χ2v) is 7.80. The predicted octanol–water partition coefficient (Wildman–Crippen LogP) is 4.62. The highest BCUT2D eigenvalue weighted by Gasteiger charge is 2.12. The van der Waals surface area contributed by atoms with E-state index >= 15 is 0 Å². The van der Waals surface area contributed by atoms with Crippen molar-refractivity contribution in [2.75, 3.05) is 19.0 Å². The molecule has 0 atom stereocenters. The third-order valence-corrected chi connectivity index (χ3v) is 4.85. The molecule has 1 amide bonds. The zero-order valence-electron chi connectivity index (χ0n) is 18.3. The summed E-state index contributed by atoms with van der Waals surface area (Å²) >= 11 is 5.33. The fourth-order valence-electron chi connectivity index (χ4n) is 2.87. The molecule has 0 saturated heterocycles. The minimum Gasteiger partial charge on any atom is -0.493 e. The third kappa shape index (κ3) is 6.62. The summed E-state index contributed by atoms with van der Waals surface area (Å²) in [7, 11) is 1.55. The number of nitrogens with one attached hydrogen (secondary N) is 3. The van der Waals surface area contributed by atoms with Gasteiger partial charge in [0.25, 0.3) is 5.91 Å². The molecule has 0 heterocycles. The number of carbonyl (C=O) groups excluding carboxylic acids is 1. The van der Waals surface area contributed by atoms with Gasteiger partial charge in [-0.05, 0) is 67.2 Å². The molecule has 2 aromatic carbocycles. The Bertz CT molecular complexity index is 884. The minimum absolute atomic E-state index is 0.313. The first-order valence-electron chi connectivity index (χ1n) is 10.1. The van der Waals surface area contributed by atoms with Gasteiger partial charge in [-0.1, -0.05) is 39.0 Å². The summed E-state index contributed by atoms with van der Waals surface area (Å²) in [5.74, 6) is 1.36. The van der Waals surface area contributed by atoms with Gasteiger partial charge in [0.2, 0.25) is 0 Å². The number of ether oxygens (including phenoxy) is 2. The van der Waals surface area contributed by atoms with Crippen molar-refractivity contribution in [3.05, 3.63) is 53.1 Å². The lowest BCUT2D eigenvalue weighted by atomic mass is 10.1. The lowest BCUT2D eigenvalue weighted by Gasteiger charge is -2.16. The molecule has 0 spiro atoms. The molecular formula is C23H31N3O3S. The molecule has 3 N–H and O–H groups in total. The third-order valence-electron chi connectivity index (χ3n) is 4.65. The van der Waals surface area contributed by atoms with Crippen molar-refractivity contribution >= 4 is 28.9 Å². The van der Waals surface area contributed by atoms with Crippen LogP contribution in [0, 0.1) is 12.8 Å². The largest absolute Gasteiger partial charge is 0.493 e. The van der Waals surface area contributed by atoms with E-state index in [2.05, 4.69) is 36.9 Å². The van der Waals surface area contributed by atoms with Crippen LogP contribution in [0.15, 0.2) is 36.4 Å². The number of rotatable bonds is 8. The Morgan fingerprint density at radius 3 is 2.57 bits per heavy atom. The van der Waals surface area contributed by atoms with E-state index in [1.165, 1.54) is 0 Å². The van der Waals surface area contributed by atoms with Crippen molar-refractivity contribution in [2.24, 2.45) is 5.92 Å². The van der Waals surface area contributed by atoms with Crippen LogP contribution in [0.25, 0.3) is 0 Å². The lowest BCUT2D eigenvalue weighted by Crippen LogP contribution is -2.44. The first kappa shape index (κ1) is 23.5. The van der Waals surface area contributed by atoms with Crippen LogP contribution in [0.3, 0.4) is 0 Å². The molecule has 2 rings (SSSR count). The number of carbonyl (C=O) groups is 1. The van der Waals surface area contributed by atoms with Gasteiger partial charge >= 0.3 is 0 Å². The molecule has 162 valence electrons. The smallest absolute Gasteiger partial charge is 0.269 e. The molecule has 30 heavy (non-hydrogen) atoms. The van der Waals surface area contributed by atoms with E-state index < -0.39 is 0 Å². The van der Waals surface area contributed by atoms with Gasteiger partial charge in [-0.3, -0.25) is 15.6 Å². The first-order valence-corrected chi connectivity index (χ1v) is 10.5. The summed E-state index contributed by atoms with van der Waals surface area (Å²) in [6.07, 6.45) is 1.82. The van der Waals surface area contributed by atoms with E-state index in [1.54, 1.807) is 25.3 Å². The molecular weight excluding hydrogens is 398 g/mol. The topological polar surface area (TPSA) is 71.6 Å². The van der Waals surface area contributed by atoms with Gasteiger partial charge in [0, 0.05) is 11.3 Å². The summed E-state index contributed by atoms with van der Waals surface area (Å²) in [6, 6.07) is 11.2. The molecule has 2 aromatic rings. The maximum Gasteiger partial charge on any atom is 0.269 e. The van der Waals surface area contributed by atoms with E-state index in [4.69, 9.17) is 21.7 Å². The minimum atomic E-state index is -0.327. The van der Waals surface area contributed by atoms with E-state index in [0.29, 0.717) is 34.7 Å². The number of aryl methyl sites for hydroxylation is 2. The number of anilines is 1. The van der Waals surface area contributed by atoms with Crippen LogP contribution in [0.2, 0.25) is 0 Å². The SMILES string of the molecule is CCc1cccc(C)c1NC(=S)NNC(=O)c1ccc(OCCC(C)C)c(OC)c1. The van der Waals surface area contributed by atoms with E-state index in [1.807, 2.05) is 25.1 Å². The number of benzene rings is 2. The fourth-order valence-corrected chi connectivity index (χ4v) is 3.02. The molecule has 6 nitrogen and oxygen atoms in total. The monoisotopic (exact) mass is 429 g/mol.